The first-order chi connectivity index (χ1) is 15.0. The lowest BCUT2D eigenvalue weighted by Gasteiger charge is -2.30. The Morgan fingerprint density at radius 2 is 2.03 bits per heavy atom. The minimum atomic E-state index is 0.0520. The van der Waals surface area contributed by atoms with Gasteiger partial charge in [-0.1, -0.05) is 6.07 Å². The quantitative estimate of drug-likeness (QED) is 0.425. The minimum Gasteiger partial charge on any atom is -0.385 e. The van der Waals surface area contributed by atoms with Gasteiger partial charge in [0.15, 0.2) is 5.78 Å². The molecule has 31 heavy (non-hydrogen) atoms. The largest absolute Gasteiger partial charge is 0.385 e. The van der Waals surface area contributed by atoms with E-state index in [2.05, 4.69) is 46.1 Å². The number of nitrogens with zero attached hydrogens (tertiary/aromatic N) is 2. The molecule has 2 aromatic rings. The smallest absolute Gasteiger partial charge is 0.223 e. The summed E-state index contributed by atoms with van der Waals surface area (Å²) in [6.45, 7) is 8.36. The van der Waals surface area contributed by atoms with Gasteiger partial charge in [-0.25, -0.2) is 0 Å². The average Bonchev–Trinajstić information content (AvgIpc) is 3.38. The number of nitrogens with one attached hydrogen (secondary N) is 1. The van der Waals surface area contributed by atoms with Crippen molar-refractivity contribution in [1.29, 1.82) is 0 Å². The van der Waals surface area contributed by atoms with Crippen LogP contribution < -0.4 is 5.32 Å². The molecular formula is C24H35N3O3S. The number of amides is 1. The first-order valence-electron chi connectivity index (χ1n) is 11.2. The molecule has 3 heterocycles. The lowest BCUT2D eigenvalue weighted by atomic mass is 9.95. The number of Topliss-reactive ketones (excluding diaryl/α,β-unsaturated/α-hetero) is 1. The molecule has 1 aliphatic rings. The molecule has 0 aromatic carbocycles. The number of piperidine rings is 1. The van der Waals surface area contributed by atoms with Gasteiger partial charge >= 0.3 is 0 Å². The molecule has 0 atom stereocenters. The maximum atomic E-state index is 13.0. The first kappa shape index (κ1) is 23.7. The summed E-state index contributed by atoms with van der Waals surface area (Å²) in [4.78, 5) is 28.9. The highest BCUT2D eigenvalue weighted by molar-refractivity contribution is 7.09. The SMILES string of the molecule is COCCCNC(=O)C1CCN(CC(=O)c2cc(C)n(CCc3cccs3)c2C)CC1. The monoisotopic (exact) mass is 445 g/mol. The van der Waals surface area contributed by atoms with Crippen LogP contribution in [0.5, 0.6) is 0 Å². The van der Waals surface area contributed by atoms with E-state index >= 15 is 0 Å². The lowest BCUT2D eigenvalue weighted by molar-refractivity contribution is -0.126. The highest BCUT2D eigenvalue weighted by atomic mass is 32.1. The predicted molar refractivity (Wildman–Crippen MR) is 125 cm³/mol. The van der Waals surface area contributed by atoms with E-state index in [1.54, 1.807) is 18.4 Å². The van der Waals surface area contributed by atoms with Crippen molar-refractivity contribution in [3.8, 4) is 0 Å². The Kier molecular flexibility index (Phi) is 8.87. The molecule has 1 saturated heterocycles. The normalized spacial score (nSPS) is 15.3. The molecule has 0 radical (unpaired) electrons. The predicted octanol–water partition coefficient (Wildman–Crippen LogP) is 3.46. The number of ketones is 1. The van der Waals surface area contributed by atoms with Crippen LogP contribution in [0.1, 0.15) is 45.9 Å². The molecule has 2 aromatic heterocycles. The Hall–Kier alpha value is -1.96. The number of carbonyl (C=O) groups is 2. The highest BCUT2D eigenvalue weighted by Gasteiger charge is 2.26. The van der Waals surface area contributed by atoms with Crippen molar-refractivity contribution in [1.82, 2.24) is 14.8 Å². The number of likely N-dealkylation sites (tertiary alicyclic amines) is 1. The summed E-state index contributed by atoms with van der Waals surface area (Å²) in [6, 6.07) is 6.28. The summed E-state index contributed by atoms with van der Waals surface area (Å²) in [5.41, 5.74) is 3.03. The molecule has 7 heteroatoms. The van der Waals surface area contributed by atoms with Crippen molar-refractivity contribution < 1.29 is 14.3 Å². The minimum absolute atomic E-state index is 0.0520. The van der Waals surface area contributed by atoms with E-state index in [-0.39, 0.29) is 17.6 Å². The van der Waals surface area contributed by atoms with E-state index in [0.29, 0.717) is 19.7 Å². The fraction of sp³-hybridized carbons (Fsp3) is 0.583. The number of rotatable bonds is 11. The van der Waals surface area contributed by atoms with Crippen molar-refractivity contribution in [3.63, 3.8) is 0 Å². The van der Waals surface area contributed by atoms with Crippen molar-refractivity contribution in [2.75, 3.05) is 39.9 Å². The maximum absolute atomic E-state index is 13.0. The fourth-order valence-corrected chi connectivity index (χ4v) is 5.02. The van der Waals surface area contributed by atoms with E-state index in [9.17, 15) is 9.59 Å². The van der Waals surface area contributed by atoms with Gasteiger partial charge in [0.2, 0.25) is 5.91 Å². The Labute approximate surface area is 189 Å². The van der Waals surface area contributed by atoms with Crippen LogP contribution in [0.2, 0.25) is 0 Å². The summed E-state index contributed by atoms with van der Waals surface area (Å²) < 4.78 is 7.27. The molecule has 0 aliphatic carbocycles. The summed E-state index contributed by atoms with van der Waals surface area (Å²) >= 11 is 1.78. The van der Waals surface area contributed by atoms with Crippen LogP contribution in [0, 0.1) is 19.8 Å². The second-order valence-electron chi connectivity index (χ2n) is 8.38. The standard InChI is InChI=1S/C24H35N3O3S/c1-18-16-22(19(2)27(18)13-9-21-6-4-15-31-21)23(28)17-26-11-7-20(8-12-26)24(29)25-10-5-14-30-3/h4,6,15-16,20H,5,7-14,17H2,1-3H3,(H,25,29). The van der Waals surface area contributed by atoms with Crippen molar-refractivity contribution >= 4 is 23.0 Å². The third-order valence-electron chi connectivity index (χ3n) is 6.19. The third-order valence-corrected chi connectivity index (χ3v) is 7.12. The van der Waals surface area contributed by atoms with Crippen LogP contribution >= 0.6 is 11.3 Å². The summed E-state index contributed by atoms with van der Waals surface area (Å²) in [5, 5.41) is 5.11. The van der Waals surface area contributed by atoms with E-state index in [4.69, 9.17) is 4.74 Å². The average molecular weight is 446 g/mol. The van der Waals surface area contributed by atoms with Crippen LogP contribution in [0.3, 0.4) is 0 Å². The zero-order chi connectivity index (χ0) is 22.2. The molecule has 1 amide bonds. The van der Waals surface area contributed by atoms with Gasteiger partial charge in [-0.3, -0.25) is 14.5 Å². The lowest BCUT2D eigenvalue weighted by Crippen LogP contribution is -2.42. The van der Waals surface area contributed by atoms with Crippen LogP contribution in [0.15, 0.2) is 23.6 Å². The molecule has 0 unspecified atom stereocenters. The second-order valence-corrected chi connectivity index (χ2v) is 9.41. The number of hydrogen-bond acceptors (Lipinski definition) is 5. The van der Waals surface area contributed by atoms with Crippen molar-refractivity contribution in [2.45, 2.75) is 46.1 Å². The van der Waals surface area contributed by atoms with Gasteiger partial charge in [0.05, 0.1) is 6.54 Å². The van der Waals surface area contributed by atoms with Gasteiger partial charge in [0.1, 0.15) is 0 Å². The number of carbonyl (C=O) groups excluding carboxylic acids is 2. The topological polar surface area (TPSA) is 63.6 Å². The summed E-state index contributed by atoms with van der Waals surface area (Å²) in [6.07, 6.45) is 3.44. The number of ether oxygens (including phenoxy) is 1. The molecule has 1 fully saturated rings. The van der Waals surface area contributed by atoms with E-state index in [0.717, 1.165) is 62.3 Å². The molecule has 0 saturated carbocycles. The Morgan fingerprint density at radius 3 is 2.71 bits per heavy atom. The molecular weight excluding hydrogens is 410 g/mol. The number of hydrogen-bond donors (Lipinski definition) is 1. The molecule has 0 bridgehead atoms. The molecule has 0 spiro atoms. The van der Waals surface area contributed by atoms with Crippen LogP contribution in [-0.2, 0) is 22.5 Å². The molecule has 6 nitrogen and oxygen atoms in total. The van der Waals surface area contributed by atoms with Crippen LogP contribution in [-0.4, -0.2) is 61.1 Å². The van der Waals surface area contributed by atoms with E-state index < -0.39 is 0 Å². The van der Waals surface area contributed by atoms with Crippen molar-refractivity contribution in [3.05, 3.63) is 45.4 Å². The van der Waals surface area contributed by atoms with Crippen molar-refractivity contribution in [2.24, 2.45) is 5.92 Å². The van der Waals surface area contributed by atoms with Crippen LogP contribution in [0.4, 0.5) is 0 Å². The Balaban J connectivity index is 1.47. The number of methoxy groups -OCH3 is 1. The maximum Gasteiger partial charge on any atom is 0.223 e. The molecule has 1 aliphatic heterocycles. The van der Waals surface area contributed by atoms with Gasteiger partial charge in [-0.2, -0.15) is 0 Å². The van der Waals surface area contributed by atoms with Gasteiger partial charge in [0.25, 0.3) is 0 Å². The number of aromatic nitrogens is 1. The Bertz CT molecular complexity index is 852. The molecule has 1 N–H and O–H groups in total. The first-order valence-corrected chi connectivity index (χ1v) is 12.1. The van der Waals surface area contributed by atoms with Gasteiger partial charge in [-0.15, -0.1) is 11.3 Å². The Morgan fingerprint density at radius 1 is 1.26 bits per heavy atom. The number of thiophene rings is 1. The fourth-order valence-electron chi connectivity index (χ4n) is 4.32. The van der Waals surface area contributed by atoms with Crippen LogP contribution in [0.25, 0.3) is 0 Å². The highest BCUT2D eigenvalue weighted by Crippen LogP contribution is 2.21. The zero-order valence-corrected chi connectivity index (χ0v) is 19.8. The van der Waals surface area contributed by atoms with Gasteiger partial charge in [0, 0.05) is 54.6 Å². The molecule has 3 rings (SSSR count). The number of aryl methyl sites for hydroxylation is 2. The van der Waals surface area contributed by atoms with E-state index in [1.807, 2.05) is 6.07 Å². The van der Waals surface area contributed by atoms with Gasteiger partial charge in [-0.05, 0) is 70.1 Å². The molecule has 170 valence electrons. The van der Waals surface area contributed by atoms with Gasteiger partial charge < -0.3 is 14.6 Å². The third kappa shape index (κ3) is 6.51. The zero-order valence-electron chi connectivity index (χ0n) is 19.0. The summed E-state index contributed by atoms with van der Waals surface area (Å²) in [7, 11) is 1.67. The summed E-state index contributed by atoms with van der Waals surface area (Å²) in [5.74, 6) is 0.366. The second kappa shape index (κ2) is 11.6. The van der Waals surface area contributed by atoms with E-state index in [1.165, 1.54) is 4.88 Å².